The van der Waals surface area contributed by atoms with Gasteiger partial charge in [-0.05, 0) is 59.8 Å². The fraction of sp³-hybridized carbons (Fsp3) is 0.0909. The molecular formula is C22H15ClFNO4S. The molecule has 3 aromatic rings. The van der Waals surface area contributed by atoms with E-state index in [9.17, 15) is 14.0 Å². The lowest BCUT2D eigenvalue weighted by Crippen LogP contribution is -2.27. The Morgan fingerprint density at radius 1 is 1.13 bits per heavy atom. The van der Waals surface area contributed by atoms with Gasteiger partial charge < -0.3 is 9.15 Å². The number of imide groups is 1. The second-order valence-corrected chi connectivity index (χ2v) is 7.85. The molecule has 2 aromatic carbocycles. The molecule has 0 aliphatic carbocycles. The number of hydrogen-bond donors (Lipinski definition) is 0. The smallest absolute Gasteiger partial charge is 0.293 e. The van der Waals surface area contributed by atoms with E-state index in [1.807, 2.05) is 6.07 Å². The quantitative estimate of drug-likeness (QED) is 0.454. The molecule has 2 amide bonds. The first-order valence-corrected chi connectivity index (χ1v) is 10.1. The van der Waals surface area contributed by atoms with Crippen LogP contribution in [0.25, 0.3) is 17.4 Å². The van der Waals surface area contributed by atoms with Crippen molar-refractivity contribution in [2.24, 2.45) is 0 Å². The van der Waals surface area contributed by atoms with Crippen LogP contribution in [0.2, 0.25) is 5.02 Å². The van der Waals surface area contributed by atoms with Gasteiger partial charge in [0.05, 0.1) is 23.6 Å². The molecule has 4 rings (SSSR count). The van der Waals surface area contributed by atoms with Gasteiger partial charge in [-0.15, -0.1) is 0 Å². The number of ether oxygens (including phenoxy) is 1. The minimum Gasteiger partial charge on any atom is -0.495 e. The third-order valence-corrected chi connectivity index (χ3v) is 5.67. The molecule has 1 aliphatic rings. The molecule has 2 heterocycles. The first kappa shape index (κ1) is 20.3. The number of carbonyl (C=O) groups is 2. The molecule has 152 valence electrons. The van der Waals surface area contributed by atoms with Crippen LogP contribution in [0.3, 0.4) is 0 Å². The Labute approximate surface area is 181 Å². The van der Waals surface area contributed by atoms with E-state index in [1.165, 1.54) is 25.3 Å². The van der Waals surface area contributed by atoms with Crippen molar-refractivity contribution in [3.8, 4) is 17.1 Å². The van der Waals surface area contributed by atoms with E-state index < -0.39 is 5.91 Å². The summed E-state index contributed by atoms with van der Waals surface area (Å²) >= 11 is 7.00. The van der Waals surface area contributed by atoms with E-state index in [2.05, 4.69) is 0 Å². The van der Waals surface area contributed by atoms with Crippen molar-refractivity contribution in [1.29, 1.82) is 0 Å². The van der Waals surface area contributed by atoms with E-state index in [0.29, 0.717) is 27.9 Å². The van der Waals surface area contributed by atoms with Crippen LogP contribution in [0.15, 0.2) is 63.9 Å². The van der Waals surface area contributed by atoms with E-state index >= 15 is 0 Å². The third kappa shape index (κ3) is 4.13. The number of furan rings is 1. The highest BCUT2D eigenvalue weighted by molar-refractivity contribution is 8.18. The number of benzene rings is 2. The van der Waals surface area contributed by atoms with Crippen molar-refractivity contribution < 1.29 is 23.1 Å². The van der Waals surface area contributed by atoms with Gasteiger partial charge in [0.15, 0.2) is 0 Å². The summed E-state index contributed by atoms with van der Waals surface area (Å²) in [7, 11) is 1.54. The molecule has 0 radical (unpaired) electrons. The van der Waals surface area contributed by atoms with Gasteiger partial charge >= 0.3 is 0 Å². The molecule has 1 aromatic heterocycles. The minimum atomic E-state index is -0.417. The summed E-state index contributed by atoms with van der Waals surface area (Å²) in [4.78, 5) is 26.3. The summed E-state index contributed by atoms with van der Waals surface area (Å²) in [6, 6.07) is 14.4. The number of hydrogen-bond acceptors (Lipinski definition) is 5. The number of thioether (sulfide) groups is 1. The average Bonchev–Trinajstić information content (AvgIpc) is 3.30. The number of nitrogens with zero attached hydrogens (tertiary/aromatic N) is 1. The summed E-state index contributed by atoms with van der Waals surface area (Å²) in [5.41, 5.74) is 1.42. The molecule has 30 heavy (non-hydrogen) atoms. The molecule has 0 bridgehead atoms. The second kappa shape index (κ2) is 8.38. The molecule has 1 aliphatic heterocycles. The van der Waals surface area contributed by atoms with Crippen molar-refractivity contribution in [3.63, 3.8) is 0 Å². The summed E-state index contributed by atoms with van der Waals surface area (Å²) in [6.07, 6.45) is 1.53. The van der Waals surface area contributed by atoms with Gasteiger partial charge in [0.2, 0.25) is 0 Å². The van der Waals surface area contributed by atoms with Crippen molar-refractivity contribution >= 4 is 40.6 Å². The standard InChI is InChI=1S/C22H15ClFNO4S/c1-28-19-8-4-14(10-17(19)23)18-9-7-16(29-18)11-20-21(26)25(22(27)30-20)12-13-2-5-15(24)6-3-13/h2-11H,12H2,1H3/b20-11-. The molecule has 0 unspecified atom stereocenters. The lowest BCUT2D eigenvalue weighted by molar-refractivity contribution is -0.123. The van der Waals surface area contributed by atoms with Crippen LogP contribution in [0, 0.1) is 5.82 Å². The van der Waals surface area contributed by atoms with Gasteiger partial charge in [0, 0.05) is 11.6 Å². The zero-order chi connectivity index (χ0) is 21.3. The average molecular weight is 444 g/mol. The van der Waals surface area contributed by atoms with Crippen molar-refractivity contribution in [2.75, 3.05) is 7.11 Å². The predicted octanol–water partition coefficient (Wildman–Crippen LogP) is 5.98. The minimum absolute atomic E-state index is 0.0794. The summed E-state index contributed by atoms with van der Waals surface area (Å²) in [6.45, 7) is 0.0794. The summed E-state index contributed by atoms with van der Waals surface area (Å²) < 4.78 is 24.0. The molecule has 1 saturated heterocycles. The molecule has 1 fully saturated rings. The number of carbonyl (C=O) groups excluding carboxylic acids is 2. The summed E-state index contributed by atoms with van der Waals surface area (Å²) in [5, 5.41) is 0.0687. The third-order valence-electron chi connectivity index (χ3n) is 4.46. The fourth-order valence-corrected chi connectivity index (χ4v) is 4.02. The monoisotopic (exact) mass is 443 g/mol. The first-order valence-electron chi connectivity index (χ1n) is 8.88. The van der Waals surface area contributed by atoms with Crippen LogP contribution in [-0.2, 0) is 11.3 Å². The van der Waals surface area contributed by atoms with Gasteiger partial charge in [0.25, 0.3) is 11.1 Å². The van der Waals surface area contributed by atoms with Crippen molar-refractivity contribution in [2.45, 2.75) is 6.54 Å². The SMILES string of the molecule is COc1ccc(-c2ccc(/C=C3\SC(=O)N(Cc4ccc(F)cc4)C3=O)o2)cc1Cl. The summed E-state index contributed by atoms with van der Waals surface area (Å²) in [5.74, 6) is 0.766. The number of methoxy groups -OCH3 is 1. The Hall–Kier alpha value is -3.03. The highest BCUT2D eigenvalue weighted by Gasteiger charge is 2.35. The largest absolute Gasteiger partial charge is 0.495 e. The Kier molecular flexibility index (Phi) is 5.65. The second-order valence-electron chi connectivity index (χ2n) is 6.45. The Balaban J connectivity index is 1.52. The molecule has 0 atom stereocenters. The molecule has 5 nitrogen and oxygen atoms in total. The number of rotatable bonds is 5. The molecule has 0 saturated carbocycles. The van der Waals surface area contributed by atoms with Crippen LogP contribution in [0.4, 0.5) is 9.18 Å². The zero-order valence-corrected chi connectivity index (χ0v) is 17.3. The normalized spacial score (nSPS) is 15.3. The molecule has 0 spiro atoms. The van der Waals surface area contributed by atoms with Crippen LogP contribution in [-0.4, -0.2) is 23.2 Å². The number of halogens is 2. The van der Waals surface area contributed by atoms with Crippen LogP contribution in [0.1, 0.15) is 11.3 Å². The zero-order valence-electron chi connectivity index (χ0n) is 15.7. The van der Waals surface area contributed by atoms with Gasteiger partial charge in [-0.25, -0.2) is 4.39 Å². The van der Waals surface area contributed by atoms with E-state index in [-0.39, 0.29) is 22.5 Å². The lowest BCUT2D eigenvalue weighted by Gasteiger charge is -2.12. The maximum Gasteiger partial charge on any atom is 0.293 e. The maximum atomic E-state index is 13.1. The van der Waals surface area contributed by atoms with Crippen LogP contribution < -0.4 is 4.74 Å². The highest BCUT2D eigenvalue weighted by atomic mass is 35.5. The van der Waals surface area contributed by atoms with Crippen LogP contribution in [0.5, 0.6) is 5.75 Å². The lowest BCUT2D eigenvalue weighted by atomic mass is 10.2. The Morgan fingerprint density at radius 2 is 1.90 bits per heavy atom. The highest BCUT2D eigenvalue weighted by Crippen LogP contribution is 2.35. The van der Waals surface area contributed by atoms with E-state index in [1.54, 1.807) is 36.4 Å². The molecule has 0 N–H and O–H groups in total. The Bertz CT molecular complexity index is 1160. The van der Waals surface area contributed by atoms with Gasteiger partial charge in [-0.1, -0.05) is 23.7 Å². The van der Waals surface area contributed by atoms with Gasteiger partial charge in [0.1, 0.15) is 23.1 Å². The fourth-order valence-electron chi connectivity index (χ4n) is 2.94. The topological polar surface area (TPSA) is 59.8 Å². The van der Waals surface area contributed by atoms with Crippen LogP contribution >= 0.6 is 23.4 Å². The number of amides is 2. The van der Waals surface area contributed by atoms with Crippen molar-refractivity contribution in [3.05, 3.63) is 81.7 Å². The van der Waals surface area contributed by atoms with E-state index in [4.69, 9.17) is 20.8 Å². The maximum absolute atomic E-state index is 13.1. The molecule has 8 heteroatoms. The van der Waals surface area contributed by atoms with Crippen molar-refractivity contribution in [1.82, 2.24) is 4.90 Å². The predicted molar refractivity (Wildman–Crippen MR) is 114 cm³/mol. The molecular weight excluding hydrogens is 429 g/mol. The van der Waals surface area contributed by atoms with E-state index in [0.717, 1.165) is 22.2 Å². The Morgan fingerprint density at radius 3 is 2.60 bits per heavy atom. The first-order chi connectivity index (χ1) is 14.4. The van der Waals surface area contributed by atoms with Gasteiger partial charge in [-0.3, -0.25) is 14.5 Å². The van der Waals surface area contributed by atoms with Gasteiger partial charge in [-0.2, -0.15) is 0 Å².